The lowest BCUT2D eigenvalue weighted by Gasteiger charge is -2.22. The second-order valence-electron chi connectivity index (χ2n) is 9.10. The molecule has 0 aromatic carbocycles. The molecule has 2 N–H and O–H groups in total. The zero-order valence-corrected chi connectivity index (χ0v) is 23.0. The van der Waals surface area contributed by atoms with E-state index >= 15 is 0 Å². The monoisotopic (exact) mass is 496 g/mol. The van der Waals surface area contributed by atoms with Crippen molar-refractivity contribution in [1.29, 1.82) is 0 Å². The van der Waals surface area contributed by atoms with Crippen LogP contribution < -0.4 is 0 Å². The Kier molecular flexibility index (Phi) is 23.5. The predicted molar refractivity (Wildman–Crippen MR) is 139 cm³/mol. The highest BCUT2D eigenvalue weighted by atomic mass is 32.2. The molecule has 0 spiro atoms. The van der Waals surface area contributed by atoms with Gasteiger partial charge in [-0.2, -0.15) is 0 Å². The number of hydrogen-bond acceptors (Lipinski definition) is 4. The number of hydrogen-bond donors (Lipinski definition) is 2. The van der Waals surface area contributed by atoms with Gasteiger partial charge in [-0.05, 0) is 25.5 Å². The van der Waals surface area contributed by atoms with Gasteiger partial charge >= 0.3 is 7.82 Å². The van der Waals surface area contributed by atoms with E-state index in [2.05, 4.69) is 25.3 Å². The highest BCUT2D eigenvalue weighted by Gasteiger charge is 2.18. The van der Waals surface area contributed by atoms with E-state index in [1.54, 1.807) is 11.8 Å². The van der Waals surface area contributed by atoms with Crippen molar-refractivity contribution in [1.82, 2.24) is 0 Å². The zero-order valence-electron chi connectivity index (χ0n) is 21.3. The van der Waals surface area contributed by atoms with Gasteiger partial charge in [-0.1, -0.05) is 110 Å². The van der Waals surface area contributed by atoms with Crippen molar-refractivity contribution < 1.29 is 23.6 Å². The van der Waals surface area contributed by atoms with Gasteiger partial charge in [0.25, 0.3) is 0 Å². The Morgan fingerprint density at radius 1 is 0.719 bits per heavy atom. The van der Waals surface area contributed by atoms with Crippen molar-refractivity contribution in [3.8, 4) is 0 Å². The Hall–Kier alpha value is 0.420. The number of phosphoric acid groups is 1. The summed E-state index contributed by atoms with van der Waals surface area (Å²) in [6.45, 7) is 6.64. The fourth-order valence-electron chi connectivity index (χ4n) is 3.80. The van der Waals surface area contributed by atoms with Gasteiger partial charge in [-0.25, -0.2) is 4.57 Å². The summed E-state index contributed by atoms with van der Waals surface area (Å²) in [7, 11) is -4.41. The zero-order chi connectivity index (χ0) is 23.9. The quantitative estimate of drug-likeness (QED) is 0.0748. The molecule has 0 aliphatic rings. The van der Waals surface area contributed by atoms with Crippen LogP contribution in [0.5, 0.6) is 0 Å². The van der Waals surface area contributed by atoms with Gasteiger partial charge < -0.3 is 14.5 Å². The van der Waals surface area contributed by atoms with Crippen LogP contribution in [-0.2, 0) is 13.8 Å². The van der Waals surface area contributed by atoms with E-state index in [9.17, 15) is 4.57 Å². The molecule has 0 bridgehead atoms. The number of phosphoric ester groups is 1. The molecule has 5 nitrogen and oxygen atoms in total. The van der Waals surface area contributed by atoms with Gasteiger partial charge in [0.05, 0.1) is 12.7 Å². The van der Waals surface area contributed by atoms with Crippen LogP contribution in [0.3, 0.4) is 0 Å². The first kappa shape index (κ1) is 32.4. The van der Waals surface area contributed by atoms with E-state index in [-0.39, 0.29) is 18.1 Å². The minimum atomic E-state index is -4.41. The molecule has 2 atom stereocenters. The number of unbranched alkanes of at least 4 members (excludes halogenated alkanes) is 14. The van der Waals surface area contributed by atoms with Crippen LogP contribution in [0.25, 0.3) is 0 Å². The predicted octanol–water partition coefficient (Wildman–Crippen LogP) is 8.62. The smallest absolute Gasteiger partial charge is 0.365 e. The summed E-state index contributed by atoms with van der Waals surface area (Å²) >= 11 is 1.77. The number of rotatable bonds is 25. The Morgan fingerprint density at radius 3 is 1.69 bits per heavy atom. The van der Waals surface area contributed by atoms with E-state index in [1.165, 1.54) is 103 Å². The molecule has 0 aromatic heterocycles. The van der Waals surface area contributed by atoms with Crippen molar-refractivity contribution in [3.05, 3.63) is 0 Å². The molecule has 0 heterocycles. The second-order valence-corrected chi connectivity index (χ2v) is 11.6. The van der Waals surface area contributed by atoms with Crippen molar-refractivity contribution in [3.63, 3.8) is 0 Å². The van der Waals surface area contributed by atoms with E-state index < -0.39 is 7.82 Å². The highest BCUT2D eigenvalue weighted by Crippen LogP contribution is 2.36. The third-order valence-electron chi connectivity index (χ3n) is 5.76. The topological polar surface area (TPSA) is 76.0 Å². The fraction of sp³-hybridized carbons (Fsp3) is 1.00. The lowest BCUT2D eigenvalue weighted by Crippen LogP contribution is -2.19. The number of ether oxygens (including phenoxy) is 1. The molecule has 0 amide bonds. The van der Waals surface area contributed by atoms with Gasteiger partial charge in [0.15, 0.2) is 0 Å². The minimum Gasteiger partial charge on any atom is -0.365 e. The summed E-state index contributed by atoms with van der Waals surface area (Å²) in [6.07, 6.45) is 22.6. The largest absolute Gasteiger partial charge is 0.469 e. The van der Waals surface area contributed by atoms with Crippen LogP contribution in [0.2, 0.25) is 0 Å². The van der Waals surface area contributed by atoms with E-state index in [0.717, 1.165) is 12.2 Å². The first-order valence-corrected chi connectivity index (χ1v) is 15.9. The molecule has 0 saturated carbocycles. The average molecular weight is 497 g/mol. The third-order valence-corrected chi connectivity index (χ3v) is 7.52. The van der Waals surface area contributed by atoms with Crippen molar-refractivity contribution in [2.75, 3.05) is 12.4 Å². The summed E-state index contributed by atoms with van der Waals surface area (Å²) < 4.78 is 21.8. The van der Waals surface area contributed by atoms with Gasteiger partial charge in [0.1, 0.15) is 5.44 Å². The molecule has 0 radical (unpaired) electrons. The molecule has 32 heavy (non-hydrogen) atoms. The summed E-state index contributed by atoms with van der Waals surface area (Å²) in [5.74, 6) is 1.03. The normalized spacial score (nSPS) is 14.0. The van der Waals surface area contributed by atoms with Gasteiger partial charge in [-0.15, -0.1) is 11.8 Å². The lowest BCUT2D eigenvalue weighted by molar-refractivity contribution is 0.0286. The molecule has 0 saturated heterocycles. The molecule has 0 rings (SSSR count). The van der Waals surface area contributed by atoms with Crippen LogP contribution in [0.1, 0.15) is 136 Å². The summed E-state index contributed by atoms with van der Waals surface area (Å²) in [6, 6.07) is 0. The van der Waals surface area contributed by atoms with Crippen molar-refractivity contribution in [2.24, 2.45) is 0 Å². The molecule has 194 valence electrons. The molecular weight excluding hydrogens is 443 g/mol. The summed E-state index contributed by atoms with van der Waals surface area (Å²) in [5.41, 5.74) is -0.0600. The van der Waals surface area contributed by atoms with Crippen LogP contribution in [0.15, 0.2) is 0 Å². The average Bonchev–Trinajstić information content (AvgIpc) is 2.73. The van der Waals surface area contributed by atoms with Crippen LogP contribution in [0, 0.1) is 0 Å². The highest BCUT2D eigenvalue weighted by molar-refractivity contribution is 7.99. The van der Waals surface area contributed by atoms with E-state index in [0.29, 0.717) is 6.42 Å². The Bertz CT molecular complexity index is 433. The molecule has 0 fully saturated rings. The Morgan fingerprint density at radius 2 is 1.19 bits per heavy atom. The maximum Gasteiger partial charge on any atom is 0.469 e. The molecule has 0 aliphatic carbocycles. The van der Waals surface area contributed by atoms with Crippen molar-refractivity contribution >= 4 is 19.6 Å². The second kappa shape index (κ2) is 23.2. The van der Waals surface area contributed by atoms with Crippen molar-refractivity contribution in [2.45, 2.75) is 148 Å². The maximum absolute atomic E-state index is 11.0. The molecule has 7 heteroatoms. The molecule has 0 aliphatic heterocycles. The molecular formula is C25H53O5PS. The van der Waals surface area contributed by atoms with Gasteiger partial charge in [0, 0.05) is 6.42 Å². The van der Waals surface area contributed by atoms with E-state index in [4.69, 9.17) is 14.5 Å². The fourth-order valence-corrected chi connectivity index (χ4v) is 5.31. The first-order valence-electron chi connectivity index (χ1n) is 13.4. The van der Waals surface area contributed by atoms with E-state index in [1.807, 2.05) is 0 Å². The molecule has 0 aromatic rings. The lowest BCUT2D eigenvalue weighted by atomic mass is 10.1. The summed E-state index contributed by atoms with van der Waals surface area (Å²) in [5, 5.41) is 0. The molecule has 2 unspecified atom stereocenters. The number of thioether (sulfide) groups is 1. The minimum absolute atomic E-state index is 0.0315. The first-order chi connectivity index (χ1) is 15.4. The van der Waals surface area contributed by atoms with Gasteiger partial charge in [0.2, 0.25) is 0 Å². The van der Waals surface area contributed by atoms with Crippen LogP contribution in [-0.4, -0.2) is 33.7 Å². The van der Waals surface area contributed by atoms with Gasteiger partial charge in [-0.3, -0.25) is 4.52 Å². The Labute approximate surface area is 203 Å². The summed E-state index contributed by atoms with van der Waals surface area (Å²) in [4.78, 5) is 17.9. The maximum atomic E-state index is 11.0. The third kappa shape index (κ3) is 25.1. The Balaban J connectivity index is 3.99. The van der Waals surface area contributed by atoms with Crippen LogP contribution in [0.4, 0.5) is 0 Å². The van der Waals surface area contributed by atoms with Crippen LogP contribution >= 0.6 is 19.6 Å². The standard InChI is InChI=1S/C25H53O5PS/c1-4-6-8-10-12-13-14-15-17-19-23-32-25(21-22-29-31(26,27)28)30-24(3)20-18-16-11-9-7-5-2/h24-25H,4-23H2,1-3H3,(H2,26,27,28). The SMILES string of the molecule is CCCCCCCCCCCCSC(CCOP(=O)(O)O)OC(C)CCCCCCCC.